The lowest BCUT2D eigenvalue weighted by molar-refractivity contribution is 0.396. The third-order valence-electron chi connectivity index (χ3n) is 3.76. The number of nitrogens with zero attached hydrogens (tertiary/aromatic N) is 3. The quantitative estimate of drug-likeness (QED) is 0.629. The van der Waals surface area contributed by atoms with Crippen LogP contribution < -0.4 is 9.47 Å². The highest BCUT2D eigenvalue weighted by Gasteiger charge is 2.13. The van der Waals surface area contributed by atoms with E-state index in [1.807, 2.05) is 30.3 Å². The molecule has 0 radical (unpaired) electrons. The average Bonchev–Trinajstić information content (AvgIpc) is 3.04. The van der Waals surface area contributed by atoms with Crippen molar-refractivity contribution in [1.82, 2.24) is 19.9 Å². The summed E-state index contributed by atoms with van der Waals surface area (Å²) in [5.41, 5.74) is 3.46. The van der Waals surface area contributed by atoms with Crippen molar-refractivity contribution < 1.29 is 9.47 Å². The van der Waals surface area contributed by atoms with Gasteiger partial charge < -0.3 is 14.5 Å². The largest absolute Gasteiger partial charge is 0.494 e. The molecule has 6 nitrogen and oxygen atoms in total. The maximum Gasteiger partial charge on any atom is 0.213 e. The standard InChI is InChI=1S/C17H14N4O2/c1-22-14-5-3-11(10-4-6-15(23-2)21-16(10)14)17-19-12-7-8-18-9-13(12)20-17/h3-9H,1-2H3,(H,19,20). The summed E-state index contributed by atoms with van der Waals surface area (Å²) in [5.74, 6) is 2.01. The van der Waals surface area contributed by atoms with E-state index < -0.39 is 0 Å². The van der Waals surface area contributed by atoms with Gasteiger partial charge in [0.2, 0.25) is 5.88 Å². The molecule has 0 fully saturated rings. The van der Waals surface area contributed by atoms with Gasteiger partial charge in [-0.05, 0) is 24.3 Å². The van der Waals surface area contributed by atoms with Crippen LogP contribution in [-0.2, 0) is 0 Å². The SMILES string of the molecule is COc1ccc2c(-c3nc4ccncc4[nH]3)ccc(OC)c2n1. The zero-order valence-electron chi connectivity index (χ0n) is 12.7. The third kappa shape index (κ3) is 2.15. The van der Waals surface area contributed by atoms with Crippen molar-refractivity contribution in [3.63, 3.8) is 0 Å². The van der Waals surface area contributed by atoms with Gasteiger partial charge >= 0.3 is 0 Å². The minimum Gasteiger partial charge on any atom is -0.494 e. The molecule has 3 aromatic heterocycles. The van der Waals surface area contributed by atoms with E-state index in [0.29, 0.717) is 11.6 Å². The van der Waals surface area contributed by atoms with Gasteiger partial charge in [0.05, 0.1) is 31.4 Å². The first-order valence-electron chi connectivity index (χ1n) is 7.12. The normalized spacial score (nSPS) is 11.0. The Bertz CT molecular complexity index is 977. The summed E-state index contributed by atoms with van der Waals surface area (Å²) >= 11 is 0. The molecule has 0 atom stereocenters. The Hall–Kier alpha value is -3.15. The summed E-state index contributed by atoms with van der Waals surface area (Å²) in [4.78, 5) is 16.5. The van der Waals surface area contributed by atoms with Gasteiger partial charge in [0, 0.05) is 23.2 Å². The van der Waals surface area contributed by atoms with E-state index in [-0.39, 0.29) is 0 Å². The summed E-state index contributed by atoms with van der Waals surface area (Å²) in [5, 5.41) is 0.942. The Kier molecular flexibility index (Phi) is 3.08. The summed E-state index contributed by atoms with van der Waals surface area (Å²) in [7, 11) is 3.22. The molecule has 3 heterocycles. The molecule has 0 unspecified atom stereocenters. The number of hydrogen-bond donors (Lipinski definition) is 1. The van der Waals surface area contributed by atoms with Crippen molar-refractivity contribution in [2.75, 3.05) is 14.2 Å². The molecule has 0 amide bonds. The molecule has 4 aromatic rings. The molecule has 114 valence electrons. The first kappa shape index (κ1) is 13.5. The van der Waals surface area contributed by atoms with Crippen molar-refractivity contribution in [2.45, 2.75) is 0 Å². The fourth-order valence-corrected chi connectivity index (χ4v) is 2.64. The number of pyridine rings is 2. The van der Waals surface area contributed by atoms with E-state index in [2.05, 4.69) is 19.9 Å². The minimum atomic E-state index is 0.543. The summed E-state index contributed by atoms with van der Waals surface area (Å²) in [6.45, 7) is 0. The highest BCUT2D eigenvalue weighted by atomic mass is 16.5. The maximum atomic E-state index is 5.42. The first-order chi connectivity index (χ1) is 11.3. The summed E-state index contributed by atoms with van der Waals surface area (Å²) in [6, 6.07) is 9.53. The second kappa shape index (κ2) is 5.24. The Morgan fingerprint density at radius 2 is 1.87 bits per heavy atom. The minimum absolute atomic E-state index is 0.543. The molecular formula is C17H14N4O2. The van der Waals surface area contributed by atoms with Crippen LogP contribution in [0.5, 0.6) is 11.6 Å². The number of nitrogens with one attached hydrogen (secondary N) is 1. The number of aromatic nitrogens is 4. The molecule has 0 aliphatic heterocycles. The molecule has 4 rings (SSSR count). The van der Waals surface area contributed by atoms with Crippen LogP contribution >= 0.6 is 0 Å². The second-order valence-corrected chi connectivity index (χ2v) is 5.04. The van der Waals surface area contributed by atoms with Gasteiger partial charge in [-0.25, -0.2) is 9.97 Å². The van der Waals surface area contributed by atoms with Crippen LogP contribution in [0.3, 0.4) is 0 Å². The van der Waals surface area contributed by atoms with Crippen molar-refractivity contribution in [3.8, 4) is 23.0 Å². The van der Waals surface area contributed by atoms with E-state index in [9.17, 15) is 0 Å². The van der Waals surface area contributed by atoms with Crippen molar-refractivity contribution in [1.29, 1.82) is 0 Å². The van der Waals surface area contributed by atoms with Crippen LogP contribution in [0.2, 0.25) is 0 Å². The van der Waals surface area contributed by atoms with E-state index in [1.54, 1.807) is 26.6 Å². The second-order valence-electron chi connectivity index (χ2n) is 5.04. The third-order valence-corrected chi connectivity index (χ3v) is 3.76. The Morgan fingerprint density at radius 3 is 2.65 bits per heavy atom. The molecule has 1 aromatic carbocycles. The number of rotatable bonds is 3. The molecule has 0 aliphatic rings. The fraction of sp³-hybridized carbons (Fsp3) is 0.118. The van der Waals surface area contributed by atoms with Gasteiger partial charge in [0.25, 0.3) is 0 Å². The predicted octanol–water partition coefficient (Wildman–Crippen LogP) is 3.19. The van der Waals surface area contributed by atoms with Gasteiger partial charge in [-0.2, -0.15) is 0 Å². The number of hydrogen-bond acceptors (Lipinski definition) is 5. The van der Waals surface area contributed by atoms with Crippen LogP contribution in [-0.4, -0.2) is 34.2 Å². The first-order valence-corrected chi connectivity index (χ1v) is 7.12. The van der Waals surface area contributed by atoms with Crippen LogP contribution in [0, 0.1) is 0 Å². The van der Waals surface area contributed by atoms with E-state index in [0.717, 1.165) is 33.3 Å². The molecule has 0 aliphatic carbocycles. The fourth-order valence-electron chi connectivity index (χ4n) is 2.64. The van der Waals surface area contributed by atoms with Gasteiger partial charge in [0.15, 0.2) is 0 Å². The van der Waals surface area contributed by atoms with Gasteiger partial charge in [0.1, 0.15) is 17.1 Å². The van der Waals surface area contributed by atoms with Gasteiger partial charge in [-0.1, -0.05) is 0 Å². The molecule has 1 N–H and O–H groups in total. The van der Waals surface area contributed by atoms with E-state index >= 15 is 0 Å². The smallest absolute Gasteiger partial charge is 0.213 e. The van der Waals surface area contributed by atoms with Gasteiger partial charge in [-0.15, -0.1) is 0 Å². The molecule has 0 bridgehead atoms. The van der Waals surface area contributed by atoms with Crippen LogP contribution in [0.15, 0.2) is 42.7 Å². The number of imidazole rings is 1. The number of aromatic amines is 1. The molecule has 0 spiro atoms. The highest BCUT2D eigenvalue weighted by molar-refractivity contribution is 5.97. The number of benzene rings is 1. The number of H-pyrrole nitrogens is 1. The number of methoxy groups -OCH3 is 2. The van der Waals surface area contributed by atoms with Crippen molar-refractivity contribution in [3.05, 3.63) is 42.7 Å². The lowest BCUT2D eigenvalue weighted by atomic mass is 10.1. The van der Waals surface area contributed by atoms with Crippen LogP contribution in [0.4, 0.5) is 0 Å². The van der Waals surface area contributed by atoms with Gasteiger partial charge in [-0.3, -0.25) is 4.98 Å². The number of ether oxygens (including phenoxy) is 2. The average molecular weight is 306 g/mol. The van der Waals surface area contributed by atoms with Crippen molar-refractivity contribution >= 4 is 21.9 Å². The number of fused-ring (bicyclic) bond motifs is 2. The summed E-state index contributed by atoms with van der Waals surface area (Å²) < 4.78 is 10.6. The topological polar surface area (TPSA) is 72.9 Å². The predicted molar refractivity (Wildman–Crippen MR) is 87.7 cm³/mol. The molecule has 6 heteroatoms. The Labute approximate surface area is 132 Å². The van der Waals surface area contributed by atoms with Crippen molar-refractivity contribution in [2.24, 2.45) is 0 Å². The molecule has 0 saturated carbocycles. The highest BCUT2D eigenvalue weighted by Crippen LogP contribution is 2.34. The van der Waals surface area contributed by atoms with Crippen LogP contribution in [0.1, 0.15) is 0 Å². The lowest BCUT2D eigenvalue weighted by Crippen LogP contribution is -1.93. The lowest BCUT2D eigenvalue weighted by Gasteiger charge is -2.09. The molecule has 23 heavy (non-hydrogen) atoms. The molecule has 0 saturated heterocycles. The van der Waals surface area contributed by atoms with E-state index in [1.165, 1.54) is 0 Å². The monoisotopic (exact) mass is 306 g/mol. The zero-order valence-corrected chi connectivity index (χ0v) is 12.7. The summed E-state index contributed by atoms with van der Waals surface area (Å²) in [6.07, 6.45) is 3.49. The maximum absolute atomic E-state index is 5.42. The molecular weight excluding hydrogens is 292 g/mol. The van der Waals surface area contributed by atoms with Crippen LogP contribution in [0.25, 0.3) is 33.3 Å². The Morgan fingerprint density at radius 1 is 0.957 bits per heavy atom. The zero-order chi connectivity index (χ0) is 15.8. The van der Waals surface area contributed by atoms with E-state index in [4.69, 9.17) is 9.47 Å². The Balaban J connectivity index is 1.99.